The molecule has 0 amide bonds. The molecule has 118 valence electrons. The molecule has 0 radical (unpaired) electrons. The highest BCUT2D eigenvalue weighted by Crippen LogP contribution is 2.40. The number of nitrogens with zero attached hydrogens (tertiary/aromatic N) is 3. The number of aromatic nitrogens is 2. The molecule has 4 rings (SSSR count). The molecule has 0 unspecified atom stereocenters. The topological polar surface area (TPSA) is 29.0 Å². The molecule has 0 bridgehead atoms. The van der Waals surface area contributed by atoms with E-state index in [1.165, 1.54) is 5.56 Å². The fraction of sp³-hybridized carbons (Fsp3) is 0.143. The second-order valence-corrected chi connectivity index (χ2v) is 6.31. The summed E-state index contributed by atoms with van der Waals surface area (Å²) in [6.07, 6.45) is 8.09. The number of pyridine rings is 2. The molecular weight excluding hydrogens is 294 g/mol. The lowest BCUT2D eigenvalue weighted by molar-refractivity contribution is 1.10. The molecule has 0 saturated heterocycles. The number of fused-ring (bicyclic) bond motifs is 2. The van der Waals surface area contributed by atoms with E-state index in [2.05, 4.69) is 74.2 Å². The molecule has 1 aromatic carbocycles. The number of benzene rings is 1. The number of hydrogen-bond donors (Lipinski definition) is 0. The zero-order valence-corrected chi connectivity index (χ0v) is 14.1. The van der Waals surface area contributed by atoms with Crippen LogP contribution < -0.4 is 4.90 Å². The number of rotatable bonds is 1. The van der Waals surface area contributed by atoms with Gasteiger partial charge in [0.15, 0.2) is 0 Å². The summed E-state index contributed by atoms with van der Waals surface area (Å²) in [5.41, 5.74) is 6.82. The van der Waals surface area contributed by atoms with Crippen molar-refractivity contribution in [2.45, 2.75) is 20.8 Å². The molecule has 24 heavy (non-hydrogen) atoms. The van der Waals surface area contributed by atoms with Gasteiger partial charge in [0.1, 0.15) is 11.6 Å². The molecule has 1 aliphatic heterocycles. The first-order valence-electron chi connectivity index (χ1n) is 8.10. The van der Waals surface area contributed by atoms with Crippen LogP contribution in [0.1, 0.15) is 27.8 Å². The number of aryl methyl sites for hydroxylation is 3. The first-order chi connectivity index (χ1) is 11.6. The van der Waals surface area contributed by atoms with E-state index in [-0.39, 0.29) is 0 Å². The maximum absolute atomic E-state index is 4.73. The van der Waals surface area contributed by atoms with Crippen LogP contribution in [-0.4, -0.2) is 9.97 Å². The van der Waals surface area contributed by atoms with Crippen LogP contribution in [0.3, 0.4) is 0 Å². The number of hydrogen-bond acceptors (Lipinski definition) is 3. The normalized spacial score (nSPS) is 12.5. The fourth-order valence-electron chi connectivity index (χ4n) is 3.11. The second kappa shape index (κ2) is 5.60. The van der Waals surface area contributed by atoms with Crippen LogP contribution in [-0.2, 0) is 0 Å². The minimum atomic E-state index is 0.918. The quantitative estimate of drug-likeness (QED) is 0.474. The van der Waals surface area contributed by atoms with E-state index in [9.17, 15) is 0 Å². The maximum atomic E-state index is 4.73. The predicted octanol–water partition coefficient (Wildman–Crippen LogP) is 5.36. The van der Waals surface area contributed by atoms with E-state index in [0.29, 0.717) is 0 Å². The number of anilines is 3. The molecule has 3 heterocycles. The molecule has 0 aliphatic carbocycles. The van der Waals surface area contributed by atoms with Crippen LogP contribution in [0.5, 0.6) is 0 Å². The van der Waals surface area contributed by atoms with Crippen molar-refractivity contribution in [2.24, 2.45) is 0 Å². The predicted molar refractivity (Wildman–Crippen MR) is 99.9 cm³/mol. The van der Waals surface area contributed by atoms with Crippen molar-refractivity contribution in [3.05, 3.63) is 76.6 Å². The number of para-hydroxylation sites is 1. The highest BCUT2D eigenvalue weighted by Gasteiger charge is 2.23. The maximum Gasteiger partial charge on any atom is 0.146 e. The summed E-state index contributed by atoms with van der Waals surface area (Å²) in [6.45, 7) is 6.26. The first-order valence-corrected chi connectivity index (χ1v) is 8.10. The van der Waals surface area contributed by atoms with Crippen molar-refractivity contribution >= 4 is 29.5 Å². The summed E-state index contributed by atoms with van der Waals surface area (Å²) in [4.78, 5) is 11.6. The lowest BCUT2D eigenvalue weighted by atomic mass is 10.1. The van der Waals surface area contributed by atoms with Crippen molar-refractivity contribution in [1.82, 2.24) is 9.97 Å². The lowest BCUT2D eigenvalue weighted by Gasteiger charge is -2.26. The summed E-state index contributed by atoms with van der Waals surface area (Å²) < 4.78 is 0. The molecule has 3 heteroatoms. The summed E-state index contributed by atoms with van der Waals surface area (Å²) in [6, 6.07) is 12.7. The zero-order chi connectivity index (χ0) is 16.7. The highest BCUT2D eigenvalue weighted by molar-refractivity contribution is 5.91. The Labute approximate surface area is 142 Å². The zero-order valence-electron chi connectivity index (χ0n) is 14.1. The molecule has 0 spiro atoms. The minimum Gasteiger partial charge on any atom is -0.278 e. The Balaban J connectivity index is 2.04. The molecule has 0 saturated carbocycles. The van der Waals surface area contributed by atoms with Crippen molar-refractivity contribution in [1.29, 1.82) is 0 Å². The third kappa shape index (κ3) is 2.38. The van der Waals surface area contributed by atoms with Gasteiger partial charge in [-0.2, -0.15) is 0 Å². The van der Waals surface area contributed by atoms with E-state index < -0.39 is 0 Å². The third-order valence-electron chi connectivity index (χ3n) is 4.29. The van der Waals surface area contributed by atoms with Gasteiger partial charge in [-0.15, -0.1) is 0 Å². The Morgan fingerprint density at radius 1 is 0.750 bits per heavy atom. The Kier molecular flexibility index (Phi) is 3.42. The Morgan fingerprint density at radius 3 is 1.83 bits per heavy atom. The molecule has 2 aromatic heterocycles. The lowest BCUT2D eigenvalue weighted by Crippen LogP contribution is -2.16. The molecule has 3 aromatic rings. The van der Waals surface area contributed by atoms with E-state index in [1.807, 2.05) is 12.4 Å². The van der Waals surface area contributed by atoms with Crippen LogP contribution in [0.25, 0.3) is 12.2 Å². The smallest absolute Gasteiger partial charge is 0.146 e. The van der Waals surface area contributed by atoms with E-state index >= 15 is 0 Å². The van der Waals surface area contributed by atoms with Gasteiger partial charge in [-0.25, -0.2) is 9.97 Å². The third-order valence-corrected chi connectivity index (χ3v) is 4.29. The SMILES string of the molecule is Cc1cnc2c(c1)C=Cc1cc(C)cnc1N2c1ccccc1C. The second-order valence-electron chi connectivity index (χ2n) is 6.31. The molecule has 0 atom stereocenters. The average Bonchev–Trinajstić information content (AvgIpc) is 2.72. The van der Waals surface area contributed by atoms with Gasteiger partial charge in [-0.1, -0.05) is 30.4 Å². The van der Waals surface area contributed by atoms with Crippen LogP contribution in [0.4, 0.5) is 17.3 Å². The first kappa shape index (κ1) is 14.6. The molecular formula is C21H19N3. The molecule has 3 nitrogen and oxygen atoms in total. The average molecular weight is 313 g/mol. The van der Waals surface area contributed by atoms with Crippen molar-refractivity contribution in [3.63, 3.8) is 0 Å². The van der Waals surface area contributed by atoms with Gasteiger partial charge >= 0.3 is 0 Å². The van der Waals surface area contributed by atoms with Gasteiger partial charge in [0.25, 0.3) is 0 Å². The minimum absolute atomic E-state index is 0.918. The summed E-state index contributed by atoms with van der Waals surface area (Å²) >= 11 is 0. The van der Waals surface area contributed by atoms with Gasteiger partial charge < -0.3 is 0 Å². The monoisotopic (exact) mass is 313 g/mol. The highest BCUT2D eigenvalue weighted by atomic mass is 15.2. The van der Waals surface area contributed by atoms with Gasteiger partial charge in [0.05, 0.1) is 5.69 Å². The molecule has 0 fully saturated rings. The standard InChI is InChI=1S/C21H19N3/c1-14-10-17-8-9-18-11-15(2)13-23-21(18)24(20(17)22-12-14)19-7-5-4-6-16(19)3/h4-13H,1-3H3. The van der Waals surface area contributed by atoms with Gasteiger partial charge in [-0.05, 0) is 55.7 Å². The van der Waals surface area contributed by atoms with E-state index in [0.717, 1.165) is 39.6 Å². The van der Waals surface area contributed by atoms with Crippen LogP contribution in [0, 0.1) is 20.8 Å². The van der Waals surface area contributed by atoms with Crippen molar-refractivity contribution < 1.29 is 0 Å². The van der Waals surface area contributed by atoms with E-state index in [1.54, 1.807) is 0 Å². The summed E-state index contributed by atoms with van der Waals surface area (Å²) in [5.74, 6) is 1.84. The molecule has 1 aliphatic rings. The van der Waals surface area contributed by atoms with Crippen LogP contribution in [0.2, 0.25) is 0 Å². The Hall–Kier alpha value is -2.94. The van der Waals surface area contributed by atoms with Gasteiger partial charge in [0.2, 0.25) is 0 Å². The van der Waals surface area contributed by atoms with Gasteiger partial charge in [0, 0.05) is 23.5 Å². The van der Waals surface area contributed by atoms with Crippen molar-refractivity contribution in [3.8, 4) is 0 Å². The van der Waals surface area contributed by atoms with E-state index in [4.69, 9.17) is 9.97 Å². The largest absolute Gasteiger partial charge is 0.278 e. The van der Waals surface area contributed by atoms with Gasteiger partial charge in [-0.3, -0.25) is 4.90 Å². The molecule has 0 N–H and O–H groups in total. The summed E-state index contributed by atoms with van der Waals surface area (Å²) in [7, 11) is 0. The Bertz CT molecular complexity index is 902. The van der Waals surface area contributed by atoms with Crippen LogP contribution in [0.15, 0.2) is 48.8 Å². The van der Waals surface area contributed by atoms with Crippen LogP contribution >= 0.6 is 0 Å². The summed E-state index contributed by atoms with van der Waals surface area (Å²) in [5, 5.41) is 0. The van der Waals surface area contributed by atoms with Crippen molar-refractivity contribution in [2.75, 3.05) is 4.90 Å². The Morgan fingerprint density at radius 2 is 1.29 bits per heavy atom. The fourth-order valence-corrected chi connectivity index (χ4v) is 3.11.